The molecule has 3 nitrogen and oxygen atoms in total. The smallest absolute Gasteiger partial charge is 0.126 e. The maximum absolute atomic E-state index is 6.01. The average molecular weight is 263 g/mol. The lowest BCUT2D eigenvalue weighted by atomic mass is 10.1. The van der Waals surface area contributed by atoms with Crippen molar-refractivity contribution in [3.8, 4) is 5.75 Å². The molecule has 106 valence electrons. The molecule has 3 heteroatoms. The fraction of sp³-hybridized carbons (Fsp3) is 0.625. The number of hydrogen-bond acceptors (Lipinski definition) is 3. The first kappa shape index (κ1) is 14.4. The van der Waals surface area contributed by atoms with E-state index in [-0.39, 0.29) is 0 Å². The van der Waals surface area contributed by atoms with E-state index in [4.69, 9.17) is 9.47 Å². The van der Waals surface area contributed by atoms with Gasteiger partial charge in [0.2, 0.25) is 0 Å². The van der Waals surface area contributed by atoms with Gasteiger partial charge < -0.3 is 14.8 Å². The van der Waals surface area contributed by atoms with Crippen LogP contribution in [0.2, 0.25) is 0 Å². The van der Waals surface area contributed by atoms with Crippen molar-refractivity contribution in [2.24, 2.45) is 0 Å². The third-order valence-corrected chi connectivity index (χ3v) is 3.57. The van der Waals surface area contributed by atoms with Gasteiger partial charge in [0.25, 0.3) is 0 Å². The molecule has 0 amide bonds. The van der Waals surface area contributed by atoms with Gasteiger partial charge in [-0.2, -0.15) is 0 Å². The summed E-state index contributed by atoms with van der Waals surface area (Å²) in [6.07, 6.45) is 3.78. The summed E-state index contributed by atoms with van der Waals surface area (Å²) in [5.74, 6) is 1.04. The fourth-order valence-corrected chi connectivity index (χ4v) is 2.48. The summed E-state index contributed by atoms with van der Waals surface area (Å²) in [4.78, 5) is 0. The van der Waals surface area contributed by atoms with Gasteiger partial charge in [0.15, 0.2) is 0 Å². The molecule has 1 aliphatic heterocycles. The van der Waals surface area contributed by atoms with Gasteiger partial charge in [-0.3, -0.25) is 0 Å². The highest BCUT2D eigenvalue weighted by atomic mass is 16.5. The second-order valence-corrected chi connectivity index (χ2v) is 5.12. The third-order valence-electron chi connectivity index (χ3n) is 3.57. The zero-order valence-corrected chi connectivity index (χ0v) is 12.1. The molecule has 1 unspecified atom stereocenters. The molecule has 0 aliphatic carbocycles. The number of rotatable bonds is 7. The van der Waals surface area contributed by atoms with Crippen molar-refractivity contribution < 1.29 is 9.47 Å². The predicted molar refractivity (Wildman–Crippen MR) is 77.6 cm³/mol. The van der Waals surface area contributed by atoms with Crippen LogP contribution in [-0.4, -0.2) is 25.9 Å². The van der Waals surface area contributed by atoms with Gasteiger partial charge in [-0.25, -0.2) is 0 Å². The fourth-order valence-electron chi connectivity index (χ4n) is 2.48. The summed E-state index contributed by atoms with van der Waals surface area (Å²) < 4.78 is 11.6. The maximum Gasteiger partial charge on any atom is 0.126 e. The Balaban J connectivity index is 1.89. The van der Waals surface area contributed by atoms with Gasteiger partial charge in [-0.15, -0.1) is 0 Å². The molecule has 0 aromatic heterocycles. The molecule has 1 aromatic carbocycles. The van der Waals surface area contributed by atoms with Crippen LogP contribution in [0.25, 0.3) is 0 Å². The minimum absolute atomic E-state index is 0.404. The van der Waals surface area contributed by atoms with Crippen LogP contribution in [0, 0.1) is 6.92 Å². The summed E-state index contributed by atoms with van der Waals surface area (Å²) in [7, 11) is 0. The second-order valence-electron chi connectivity index (χ2n) is 5.12. The van der Waals surface area contributed by atoms with Crippen molar-refractivity contribution in [3.05, 3.63) is 29.3 Å². The highest BCUT2D eigenvalue weighted by Gasteiger charge is 2.15. The normalized spacial score (nSPS) is 18.7. The van der Waals surface area contributed by atoms with Crippen LogP contribution in [0.3, 0.4) is 0 Å². The number of hydrogen-bond donors (Lipinski definition) is 1. The lowest BCUT2D eigenvalue weighted by molar-refractivity contribution is 0.0901. The molecular formula is C16H25NO2. The van der Waals surface area contributed by atoms with Crippen molar-refractivity contribution in [3.63, 3.8) is 0 Å². The first-order chi connectivity index (χ1) is 9.31. The van der Waals surface area contributed by atoms with Gasteiger partial charge >= 0.3 is 0 Å². The summed E-state index contributed by atoms with van der Waals surface area (Å²) >= 11 is 0. The monoisotopic (exact) mass is 263 g/mol. The highest BCUT2D eigenvalue weighted by molar-refractivity contribution is 5.40. The van der Waals surface area contributed by atoms with Crippen LogP contribution in [0.15, 0.2) is 18.2 Å². The van der Waals surface area contributed by atoms with E-state index in [1.807, 2.05) is 0 Å². The molecule has 19 heavy (non-hydrogen) atoms. The van der Waals surface area contributed by atoms with Crippen LogP contribution in [-0.2, 0) is 11.3 Å². The number of benzene rings is 1. The Labute approximate surface area is 116 Å². The summed E-state index contributed by atoms with van der Waals surface area (Å²) in [6, 6.07) is 6.34. The van der Waals surface area contributed by atoms with Crippen LogP contribution in [0.1, 0.15) is 37.3 Å². The molecule has 1 fully saturated rings. The molecule has 0 bridgehead atoms. The first-order valence-corrected chi connectivity index (χ1v) is 7.35. The first-order valence-electron chi connectivity index (χ1n) is 7.35. The van der Waals surface area contributed by atoms with E-state index in [0.29, 0.717) is 6.10 Å². The SMILES string of the molecule is CCNCc1cccc(C)c1OCCC1CCCO1. The number of para-hydroxylation sites is 1. The zero-order chi connectivity index (χ0) is 13.5. The Bertz CT molecular complexity index is 386. The van der Waals surface area contributed by atoms with E-state index in [1.165, 1.54) is 24.0 Å². The van der Waals surface area contributed by atoms with E-state index >= 15 is 0 Å². The summed E-state index contributed by atoms with van der Waals surface area (Å²) in [6.45, 7) is 7.73. The number of nitrogens with one attached hydrogen (secondary N) is 1. The van der Waals surface area contributed by atoms with E-state index in [1.54, 1.807) is 0 Å². The molecule has 0 radical (unpaired) electrons. The van der Waals surface area contributed by atoms with Crippen molar-refractivity contribution in [2.45, 2.75) is 45.8 Å². The number of ether oxygens (including phenoxy) is 2. The van der Waals surface area contributed by atoms with Crippen LogP contribution < -0.4 is 10.1 Å². The van der Waals surface area contributed by atoms with E-state index < -0.39 is 0 Å². The highest BCUT2D eigenvalue weighted by Crippen LogP contribution is 2.24. The Morgan fingerprint density at radius 2 is 2.32 bits per heavy atom. The molecule has 0 spiro atoms. The molecule has 1 N–H and O–H groups in total. The van der Waals surface area contributed by atoms with Crippen LogP contribution >= 0.6 is 0 Å². The quantitative estimate of drug-likeness (QED) is 0.820. The minimum Gasteiger partial charge on any atom is -0.493 e. The lowest BCUT2D eigenvalue weighted by Crippen LogP contribution is -2.15. The Morgan fingerprint density at radius 1 is 1.42 bits per heavy atom. The molecule has 1 atom stereocenters. The Hall–Kier alpha value is -1.06. The van der Waals surface area contributed by atoms with Crippen LogP contribution in [0.4, 0.5) is 0 Å². The van der Waals surface area contributed by atoms with Gasteiger partial charge in [0.1, 0.15) is 5.75 Å². The van der Waals surface area contributed by atoms with Gasteiger partial charge in [0.05, 0.1) is 12.7 Å². The molecule has 2 rings (SSSR count). The molecule has 1 heterocycles. The minimum atomic E-state index is 0.404. The summed E-state index contributed by atoms with van der Waals surface area (Å²) in [5, 5.41) is 3.36. The third kappa shape index (κ3) is 4.22. The topological polar surface area (TPSA) is 30.5 Å². The standard InChI is InChI=1S/C16H25NO2/c1-3-17-12-14-7-4-6-13(2)16(14)19-11-9-15-8-5-10-18-15/h4,6-7,15,17H,3,5,8-12H2,1-2H3. The molecule has 1 saturated heterocycles. The zero-order valence-electron chi connectivity index (χ0n) is 12.1. The van der Waals surface area contributed by atoms with Gasteiger partial charge in [0, 0.05) is 25.1 Å². The van der Waals surface area contributed by atoms with E-state index in [2.05, 4.69) is 37.4 Å². The summed E-state index contributed by atoms with van der Waals surface area (Å²) in [5.41, 5.74) is 2.46. The van der Waals surface area contributed by atoms with Crippen molar-refractivity contribution in [1.29, 1.82) is 0 Å². The predicted octanol–water partition coefficient (Wildman–Crippen LogP) is 3.05. The van der Waals surface area contributed by atoms with Crippen LogP contribution in [0.5, 0.6) is 5.75 Å². The Morgan fingerprint density at radius 3 is 3.05 bits per heavy atom. The lowest BCUT2D eigenvalue weighted by Gasteiger charge is -2.16. The van der Waals surface area contributed by atoms with E-state index in [9.17, 15) is 0 Å². The largest absolute Gasteiger partial charge is 0.493 e. The van der Waals surface area contributed by atoms with Crippen molar-refractivity contribution >= 4 is 0 Å². The number of aryl methyl sites for hydroxylation is 1. The van der Waals surface area contributed by atoms with Crippen molar-refractivity contribution in [2.75, 3.05) is 19.8 Å². The van der Waals surface area contributed by atoms with Gasteiger partial charge in [-0.05, 0) is 31.9 Å². The molecular weight excluding hydrogens is 238 g/mol. The second kappa shape index (κ2) is 7.51. The maximum atomic E-state index is 6.01. The molecule has 1 aromatic rings. The average Bonchev–Trinajstić information content (AvgIpc) is 2.92. The molecule has 1 aliphatic rings. The molecule has 0 saturated carbocycles. The van der Waals surface area contributed by atoms with E-state index in [0.717, 1.165) is 38.5 Å². The van der Waals surface area contributed by atoms with Gasteiger partial charge in [-0.1, -0.05) is 25.1 Å². The van der Waals surface area contributed by atoms with Crippen molar-refractivity contribution in [1.82, 2.24) is 5.32 Å². The Kier molecular flexibility index (Phi) is 5.67.